The van der Waals surface area contributed by atoms with Gasteiger partial charge in [0.05, 0.1) is 22.4 Å². The zero-order chi connectivity index (χ0) is 87.7. The van der Waals surface area contributed by atoms with Gasteiger partial charge in [-0.15, -0.1) is 96.3 Å². The molecule has 4 aromatic heterocycles. The van der Waals surface area contributed by atoms with Crippen LogP contribution in [0.4, 0.5) is 0 Å². The zero-order valence-electron chi connectivity index (χ0n) is 74.8. The van der Waals surface area contributed by atoms with Gasteiger partial charge >= 0.3 is 25.8 Å². The fraction of sp³-hybridized carbons (Fsp3) is 0.134. The van der Waals surface area contributed by atoms with Gasteiger partial charge in [0.25, 0.3) is 0 Å². The van der Waals surface area contributed by atoms with Crippen molar-refractivity contribution in [2.24, 2.45) is 0 Å². The van der Waals surface area contributed by atoms with Crippen LogP contribution in [0, 0.1) is 48.5 Å². The van der Waals surface area contributed by atoms with E-state index in [1.54, 1.807) is 0 Å². The van der Waals surface area contributed by atoms with Crippen LogP contribution in [0.3, 0.4) is 0 Å². The second kappa shape index (κ2) is 45.3. The van der Waals surface area contributed by atoms with Crippen molar-refractivity contribution in [3.63, 3.8) is 0 Å². The number of nitrogens with one attached hydrogen (secondary N) is 1. The van der Waals surface area contributed by atoms with E-state index < -0.39 is 0 Å². The van der Waals surface area contributed by atoms with E-state index >= 15 is 0 Å². The maximum Gasteiger partial charge on any atom is 4.00 e. The van der Waals surface area contributed by atoms with Crippen molar-refractivity contribution < 1.29 is 51.7 Å². The Labute approximate surface area is 783 Å². The van der Waals surface area contributed by atoms with Gasteiger partial charge in [-0.1, -0.05) is 253 Å². The number of aromatic amines is 1. The van der Waals surface area contributed by atoms with E-state index in [1.165, 1.54) is 76.5 Å². The van der Waals surface area contributed by atoms with Crippen molar-refractivity contribution in [1.82, 2.24) is 19.9 Å². The van der Waals surface area contributed by atoms with Gasteiger partial charge in [-0.2, -0.15) is 172 Å². The molecule has 1 N–H and O–H groups in total. The number of rotatable bonds is 4. The van der Waals surface area contributed by atoms with Gasteiger partial charge in [-0.05, 0) is 147 Å². The molecular weight excluding hydrogens is 1840 g/mol. The Morgan fingerprint density at radius 3 is 0.832 bits per heavy atom. The third-order valence-corrected chi connectivity index (χ3v) is 20.9. The van der Waals surface area contributed by atoms with Gasteiger partial charge in [0.1, 0.15) is 0 Å². The van der Waals surface area contributed by atoms with Crippen LogP contribution in [0.25, 0.3) is 110 Å². The monoisotopic (exact) mass is 1960 g/mol. The number of hydrogen-bond acceptors (Lipinski definition) is 2. The molecule has 0 bridgehead atoms. The number of H-pyrrole nitrogens is 1. The molecule has 19 rings (SSSR count). The van der Waals surface area contributed by atoms with Crippen molar-refractivity contribution in [1.29, 1.82) is 0 Å². The number of nitrogens with zero attached hydrogens (tertiary/aromatic N) is 3. The van der Waals surface area contributed by atoms with E-state index in [9.17, 15) is 0 Å². The van der Waals surface area contributed by atoms with E-state index in [4.69, 9.17) is 15.0 Å². The second-order valence-electron chi connectivity index (χ2n) is 34.9. The molecule has 0 aliphatic heterocycles. The molecule has 125 heavy (non-hydrogen) atoms. The maximum atomic E-state index is 5.16. The Morgan fingerprint density at radius 2 is 0.496 bits per heavy atom. The van der Waals surface area contributed by atoms with Crippen LogP contribution >= 0.6 is 0 Å². The molecule has 0 saturated heterocycles. The minimum absolute atomic E-state index is 0. The average Bonchev–Trinajstić information content (AvgIpc) is 1.73. The molecule has 624 valence electrons. The number of fused-ring (bicyclic) bond motifs is 6. The molecule has 6 heteroatoms. The topological polar surface area (TPSA) is 55.7 Å². The van der Waals surface area contributed by atoms with Gasteiger partial charge < -0.3 is 9.97 Å². The van der Waals surface area contributed by atoms with Crippen molar-refractivity contribution in [3.8, 4) is 45.3 Å². The number of benzene rings is 15. The van der Waals surface area contributed by atoms with Crippen LogP contribution in [0.2, 0.25) is 0 Å². The summed E-state index contributed by atoms with van der Waals surface area (Å²) in [6, 6.07) is 135. The first-order chi connectivity index (χ1) is 58.9. The Bertz CT molecular complexity index is 5870. The molecule has 0 atom stereocenters. The predicted molar refractivity (Wildman–Crippen MR) is 534 cm³/mol. The molecule has 0 radical (unpaired) electrons. The first kappa shape index (κ1) is 96.4. The Morgan fingerprint density at radius 1 is 0.224 bits per heavy atom. The molecule has 15 aromatic carbocycles. The van der Waals surface area contributed by atoms with Gasteiger partial charge in [0, 0.05) is 53.6 Å². The maximum absolute atomic E-state index is 5.16. The van der Waals surface area contributed by atoms with Crippen LogP contribution in [-0.2, 0) is 73.3 Å². The van der Waals surface area contributed by atoms with Crippen LogP contribution in [0.5, 0.6) is 0 Å². The summed E-state index contributed by atoms with van der Waals surface area (Å²) in [6.45, 7) is 53.3. The predicted octanol–water partition coefficient (Wildman–Crippen LogP) is 32.3. The number of pyridine rings is 2. The smallest absolute Gasteiger partial charge is 0.656 e. The van der Waals surface area contributed by atoms with Crippen molar-refractivity contribution in [3.05, 3.63) is 504 Å². The number of aromatic nitrogens is 4. The largest absolute Gasteiger partial charge is 4.00 e. The Balaban J connectivity index is 0.000000182. The van der Waals surface area contributed by atoms with E-state index in [2.05, 4.69) is 300 Å². The molecule has 0 saturated carbocycles. The summed E-state index contributed by atoms with van der Waals surface area (Å²) in [7, 11) is 0. The zero-order valence-corrected chi connectivity index (χ0v) is 82.0. The first-order valence-electron chi connectivity index (χ1n) is 42.1. The summed E-state index contributed by atoms with van der Waals surface area (Å²) in [5.41, 5.74) is 23.6. The van der Waals surface area contributed by atoms with Crippen LogP contribution in [0.15, 0.2) is 394 Å². The SMILES string of the molecule is CC(C)(C)c1ccc2c(-c3ccc(-c4ccc5ccccc5n4)[n-]3)c3cc(C(C)(C)C)ccc3cc2c1.CC(C)(C)c1ccc2c(-c3ccc(-c4ccc5ccccc5n4)[nH]3)c3cc(C(C)(C)C)ccc3cc2c1.[CH2-]c1ccccc1.[CH2-]c1ccccc1.[CH2-]c1ccccc1.[CH2-]c1ccccc1.[CH2-]c1ccccc1.[CH2-]c1ccccc1.[CH2-]c1ccccc1.[Hf+4].[Hf]. The molecule has 0 spiro atoms. The Hall–Kier alpha value is -12.4. The van der Waals surface area contributed by atoms with Crippen LogP contribution in [-0.4, -0.2) is 15.0 Å². The summed E-state index contributed by atoms with van der Waals surface area (Å²) in [5.74, 6) is 0. The fourth-order valence-electron chi connectivity index (χ4n) is 13.8. The molecule has 4 heterocycles. The molecule has 0 fully saturated rings. The van der Waals surface area contributed by atoms with Crippen molar-refractivity contribution in [2.75, 3.05) is 0 Å². The summed E-state index contributed by atoms with van der Waals surface area (Å²) in [6.07, 6.45) is 0. The molecule has 4 nitrogen and oxygen atoms in total. The van der Waals surface area contributed by atoms with E-state index in [0.717, 1.165) is 94.9 Å². The quantitative estimate of drug-likeness (QED) is 0.109. The molecule has 0 aliphatic carbocycles. The normalized spacial score (nSPS) is 10.8. The van der Waals surface area contributed by atoms with Crippen molar-refractivity contribution >= 4 is 64.9 Å². The van der Waals surface area contributed by atoms with E-state index in [0.29, 0.717) is 0 Å². The van der Waals surface area contributed by atoms with Crippen molar-refractivity contribution in [2.45, 2.75) is 105 Å². The molecule has 0 amide bonds. The minimum Gasteiger partial charge on any atom is -0.656 e. The van der Waals surface area contributed by atoms with Crippen LogP contribution in [0.1, 0.15) is 144 Å². The summed E-state index contributed by atoms with van der Waals surface area (Å²) < 4.78 is 0. The molecule has 0 unspecified atom stereocenters. The van der Waals surface area contributed by atoms with Crippen LogP contribution < -0.4 is 4.98 Å². The Kier molecular flexibility index (Phi) is 34.9. The average molecular weight is 1960 g/mol. The van der Waals surface area contributed by atoms with Gasteiger partial charge in [0.2, 0.25) is 0 Å². The molecule has 0 aliphatic rings. The number of para-hydroxylation sites is 2. The standard InChI is InChI=1S/C35H34N2.C35H33N2.7C7H7.2Hf/c2*1-34(2,3)25-14-15-27-24(20-25)19-23-11-13-26(35(4,5)6)21-28(23)33(27)32-18-17-31(37-32)30-16-12-22-9-7-8-10-29(22)36-30;7*1-7-5-3-2-4-6-7;;/h7-21,37H,1-6H3;7-21H,1-6H3;7*2-6H,1H2;;/q;8*-1;;+4. The van der Waals surface area contributed by atoms with Gasteiger partial charge in [-0.3, -0.25) is 0 Å². The summed E-state index contributed by atoms with van der Waals surface area (Å²) in [5, 5.41) is 12.4. The van der Waals surface area contributed by atoms with E-state index in [-0.39, 0.29) is 73.3 Å². The minimum atomic E-state index is 0. The second-order valence-corrected chi connectivity index (χ2v) is 34.9. The van der Waals surface area contributed by atoms with Gasteiger partial charge in [0.15, 0.2) is 0 Å². The summed E-state index contributed by atoms with van der Waals surface area (Å²) in [4.78, 5) is 18.7. The van der Waals surface area contributed by atoms with E-state index in [1.807, 2.05) is 231 Å². The number of hydrogen-bond donors (Lipinski definition) is 1. The summed E-state index contributed by atoms with van der Waals surface area (Å²) >= 11 is 0. The third-order valence-electron chi connectivity index (χ3n) is 20.9. The first-order valence-corrected chi connectivity index (χ1v) is 42.1. The molecular formula is C119H116Hf2N4-4. The van der Waals surface area contributed by atoms with Gasteiger partial charge in [-0.25, -0.2) is 9.97 Å². The third kappa shape index (κ3) is 28.3. The molecule has 19 aromatic rings. The fourth-order valence-corrected chi connectivity index (χ4v) is 13.8.